The second-order valence-electron chi connectivity index (χ2n) is 4.49. The first-order chi connectivity index (χ1) is 7.61. The molecule has 0 radical (unpaired) electrons. The normalized spacial score (nSPS) is 18.1. The van der Waals surface area contributed by atoms with Gasteiger partial charge in [0.1, 0.15) is 4.88 Å². The van der Waals surface area contributed by atoms with Crippen molar-refractivity contribution in [1.82, 2.24) is 5.32 Å². The van der Waals surface area contributed by atoms with Crippen LogP contribution in [0.4, 0.5) is 0 Å². The van der Waals surface area contributed by atoms with Crippen LogP contribution in [-0.2, 0) is 11.3 Å². The van der Waals surface area contributed by atoms with Gasteiger partial charge < -0.3 is 15.2 Å². The number of nitrogens with one attached hydrogen (secondary N) is 1. The predicted molar refractivity (Wildman–Crippen MR) is 61.9 cm³/mol. The average molecular weight is 241 g/mol. The number of thiophene rings is 1. The van der Waals surface area contributed by atoms with E-state index < -0.39 is 5.97 Å². The Hall–Kier alpha value is -0.910. The van der Waals surface area contributed by atoms with Gasteiger partial charge in [-0.2, -0.15) is 0 Å². The number of ether oxygens (including phenoxy) is 1. The van der Waals surface area contributed by atoms with E-state index in [0.717, 1.165) is 25.3 Å². The van der Waals surface area contributed by atoms with Crippen LogP contribution in [-0.4, -0.2) is 30.8 Å². The van der Waals surface area contributed by atoms with Gasteiger partial charge in [-0.1, -0.05) is 6.92 Å². The largest absolute Gasteiger partial charge is 0.477 e. The highest BCUT2D eigenvalue weighted by Crippen LogP contribution is 2.25. The molecule has 1 aromatic rings. The molecule has 0 bridgehead atoms. The third-order valence-electron chi connectivity index (χ3n) is 2.71. The zero-order valence-corrected chi connectivity index (χ0v) is 9.97. The zero-order chi connectivity index (χ0) is 11.6. The number of rotatable bonds is 5. The lowest BCUT2D eigenvalue weighted by Crippen LogP contribution is -2.47. The number of hydrogen-bond acceptors (Lipinski definition) is 4. The minimum absolute atomic E-state index is 0.222. The van der Waals surface area contributed by atoms with E-state index in [4.69, 9.17) is 9.84 Å². The van der Waals surface area contributed by atoms with Crippen molar-refractivity contribution in [2.24, 2.45) is 5.41 Å². The van der Waals surface area contributed by atoms with Crippen molar-refractivity contribution >= 4 is 17.3 Å². The van der Waals surface area contributed by atoms with Gasteiger partial charge in [0.2, 0.25) is 0 Å². The van der Waals surface area contributed by atoms with Gasteiger partial charge in [-0.25, -0.2) is 4.79 Å². The summed E-state index contributed by atoms with van der Waals surface area (Å²) in [6.07, 6.45) is 0. The van der Waals surface area contributed by atoms with Gasteiger partial charge in [-0.05, 0) is 17.0 Å². The van der Waals surface area contributed by atoms with E-state index in [1.54, 1.807) is 0 Å². The maximum absolute atomic E-state index is 10.9. The van der Waals surface area contributed by atoms with Gasteiger partial charge in [0.25, 0.3) is 0 Å². The monoisotopic (exact) mass is 241 g/mol. The SMILES string of the molecule is CC1(CNCc2ccsc2C(=O)O)COC1. The van der Waals surface area contributed by atoms with Crippen molar-refractivity contribution in [2.75, 3.05) is 19.8 Å². The van der Waals surface area contributed by atoms with Crippen LogP contribution in [0.5, 0.6) is 0 Å². The smallest absolute Gasteiger partial charge is 0.346 e. The molecule has 1 saturated heterocycles. The van der Waals surface area contributed by atoms with Crippen LogP contribution in [0.25, 0.3) is 0 Å². The van der Waals surface area contributed by atoms with Crippen molar-refractivity contribution in [3.63, 3.8) is 0 Å². The fourth-order valence-electron chi connectivity index (χ4n) is 1.71. The first-order valence-electron chi connectivity index (χ1n) is 5.19. The molecule has 0 unspecified atom stereocenters. The molecule has 1 fully saturated rings. The van der Waals surface area contributed by atoms with Crippen LogP contribution in [0, 0.1) is 5.41 Å². The Morgan fingerprint density at radius 3 is 3.00 bits per heavy atom. The number of aromatic carboxylic acids is 1. The van der Waals surface area contributed by atoms with E-state index in [1.807, 2.05) is 11.4 Å². The molecule has 0 aromatic carbocycles. The molecule has 4 nitrogen and oxygen atoms in total. The van der Waals surface area contributed by atoms with Gasteiger partial charge in [-0.15, -0.1) is 11.3 Å². The van der Waals surface area contributed by atoms with Crippen molar-refractivity contribution < 1.29 is 14.6 Å². The Morgan fingerprint density at radius 1 is 1.69 bits per heavy atom. The van der Waals surface area contributed by atoms with Crippen LogP contribution < -0.4 is 5.32 Å². The molecule has 0 aliphatic carbocycles. The first-order valence-corrected chi connectivity index (χ1v) is 6.07. The summed E-state index contributed by atoms with van der Waals surface area (Å²) in [7, 11) is 0. The lowest BCUT2D eigenvalue weighted by Gasteiger charge is -2.38. The Kier molecular flexibility index (Phi) is 3.28. The summed E-state index contributed by atoms with van der Waals surface area (Å²) in [6.45, 7) is 5.21. The quantitative estimate of drug-likeness (QED) is 0.821. The maximum Gasteiger partial charge on any atom is 0.346 e. The molecule has 16 heavy (non-hydrogen) atoms. The zero-order valence-electron chi connectivity index (χ0n) is 9.16. The molecule has 0 spiro atoms. The van der Waals surface area contributed by atoms with Crippen molar-refractivity contribution in [1.29, 1.82) is 0 Å². The van der Waals surface area contributed by atoms with Crippen LogP contribution in [0.15, 0.2) is 11.4 Å². The highest BCUT2D eigenvalue weighted by Gasteiger charge is 2.32. The fraction of sp³-hybridized carbons (Fsp3) is 0.545. The van der Waals surface area contributed by atoms with Crippen LogP contribution in [0.2, 0.25) is 0 Å². The van der Waals surface area contributed by atoms with E-state index in [1.165, 1.54) is 11.3 Å². The summed E-state index contributed by atoms with van der Waals surface area (Å²) >= 11 is 1.27. The van der Waals surface area contributed by atoms with E-state index in [-0.39, 0.29) is 5.41 Å². The Labute approximate surface area is 98.2 Å². The number of hydrogen-bond donors (Lipinski definition) is 2. The van der Waals surface area contributed by atoms with Crippen LogP contribution in [0.3, 0.4) is 0 Å². The minimum atomic E-state index is -0.843. The molecule has 1 aromatic heterocycles. The van der Waals surface area contributed by atoms with Crippen molar-refractivity contribution in [3.8, 4) is 0 Å². The molecule has 2 heterocycles. The molecule has 0 amide bonds. The molecular weight excluding hydrogens is 226 g/mol. The third kappa shape index (κ3) is 2.42. The highest BCUT2D eigenvalue weighted by atomic mass is 32.1. The van der Waals surface area contributed by atoms with Crippen molar-refractivity contribution in [3.05, 3.63) is 21.9 Å². The standard InChI is InChI=1S/C11H15NO3S/c1-11(6-15-7-11)5-12-4-8-2-3-16-9(8)10(13)14/h2-3,12H,4-7H2,1H3,(H,13,14). The van der Waals surface area contributed by atoms with Gasteiger partial charge >= 0.3 is 5.97 Å². The maximum atomic E-state index is 10.9. The van der Waals surface area contributed by atoms with E-state index in [9.17, 15) is 4.79 Å². The van der Waals surface area contributed by atoms with Gasteiger partial charge in [-0.3, -0.25) is 0 Å². The second-order valence-corrected chi connectivity index (χ2v) is 5.40. The lowest BCUT2D eigenvalue weighted by molar-refractivity contribution is -0.0991. The van der Waals surface area contributed by atoms with Gasteiger partial charge in [0.15, 0.2) is 0 Å². The summed E-state index contributed by atoms with van der Waals surface area (Å²) in [5, 5.41) is 14.0. The Bertz CT molecular complexity index is 384. The van der Waals surface area contributed by atoms with E-state index in [0.29, 0.717) is 11.4 Å². The van der Waals surface area contributed by atoms with Gasteiger partial charge in [0.05, 0.1) is 13.2 Å². The molecule has 88 valence electrons. The summed E-state index contributed by atoms with van der Waals surface area (Å²) < 4.78 is 5.16. The molecule has 2 rings (SSSR count). The number of carboxylic acid groups (broad SMARTS) is 1. The summed E-state index contributed by atoms with van der Waals surface area (Å²) in [5.74, 6) is -0.843. The second kappa shape index (κ2) is 4.53. The predicted octanol–water partition coefficient (Wildman–Crippen LogP) is 1.57. The molecule has 1 aliphatic rings. The third-order valence-corrected chi connectivity index (χ3v) is 3.65. The number of carbonyl (C=O) groups is 1. The average Bonchev–Trinajstić information content (AvgIpc) is 2.63. The summed E-state index contributed by atoms with van der Waals surface area (Å²) in [4.78, 5) is 11.3. The molecule has 5 heteroatoms. The van der Waals surface area contributed by atoms with E-state index >= 15 is 0 Å². The molecule has 0 saturated carbocycles. The number of carboxylic acids is 1. The highest BCUT2D eigenvalue weighted by molar-refractivity contribution is 7.12. The first kappa shape index (κ1) is 11.6. The van der Waals surface area contributed by atoms with E-state index in [2.05, 4.69) is 12.2 Å². The minimum Gasteiger partial charge on any atom is -0.477 e. The lowest BCUT2D eigenvalue weighted by atomic mass is 9.89. The summed E-state index contributed by atoms with van der Waals surface area (Å²) in [5.41, 5.74) is 1.08. The van der Waals surface area contributed by atoms with Gasteiger partial charge in [0, 0.05) is 18.5 Å². The summed E-state index contributed by atoms with van der Waals surface area (Å²) in [6, 6.07) is 1.86. The Morgan fingerprint density at radius 2 is 2.44 bits per heavy atom. The molecule has 1 aliphatic heterocycles. The fourth-order valence-corrected chi connectivity index (χ4v) is 2.47. The molecule has 0 atom stereocenters. The van der Waals surface area contributed by atoms with Crippen LogP contribution >= 0.6 is 11.3 Å². The Balaban J connectivity index is 1.85. The molecular formula is C11H15NO3S. The molecule has 2 N–H and O–H groups in total. The van der Waals surface area contributed by atoms with Crippen molar-refractivity contribution in [2.45, 2.75) is 13.5 Å². The topological polar surface area (TPSA) is 58.6 Å². The van der Waals surface area contributed by atoms with Crippen LogP contribution in [0.1, 0.15) is 22.2 Å².